The summed E-state index contributed by atoms with van der Waals surface area (Å²) in [5, 5.41) is 0. The minimum absolute atomic E-state index is 0.333. The molecule has 0 atom stereocenters. The number of nitrogens with zero attached hydrogens (tertiary/aromatic N) is 3. The Bertz CT molecular complexity index is 466. The summed E-state index contributed by atoms with van der Waals surface area (Å²) in [5.74, 6) is 0. The molecule has 14 heavy (non-hydrogen) atoms. The van der Waals surface area contributed by atoms with Crippen molar-refractivity contribution in [2.75, 3.05) is 0 Å². The van der Waals surface area contributed by atoms with Gasteiger partial charge in [0.25, 0.3) is 0 Å². The molecule has 1 rings (SSSR count). The molecule has 78 valence electrons. The molecule has 1 heterocycles. The molecule has 0 radical (unpaired) electrons. The molecule has 6 heteroatoms. The molecule has 0 aliphatic heterocycles. The summed E-state index contributed by atoms with van der Waals surface area (Å²) >= 11 is 0. The van der Waals surface area contributed by atoms with Crippen molar-refractivity contribution < 1.29 is 0 Å². The molecule has 0 aliphatic rings. The molecule has 0 bridgehead atoms. The summed E-state index contributed by atoms with van der Waals surface area (Å²) in [4.78, 5) is 34.2. The van der Waals surface area contributed by atoms with Crippen LogP contribution in [-0.2, 0) is 20.6 Å². The molecule has 0 fully saturated rings. The lowest BCUT2D eigenvalue weighted by Crippen LogP contribution is -2.52. The van der Waals surface area contributed by atoms with Crippen LogP contribution in [0.1, 0.15) is 13.3 Å². The van der Waals surface area contributed by atoms with Crippen LogP contribution in [0.25, 0.3) is 0 Å². The van der Waals surface area contributed by atoms with Crippen LogP contribution in [0.2, 0.25) is 0 Å². The fourth-order valence-corrected chi connectivity index (χ4v) is 1.25. The Morgan fingerprint density at radius 3 is 1.71 bits per heavy atom. The number of aromatic nitrogens is 3. The summed E-state index contributed by atoms with van der Waals surface area (Å²) < 4.78 is 2.91. The summed E-state index contributed by atoms with van der Waals surface area (Å²) in [6, 6.07) is 0. The monoisotopic (exact) mass is 199 g/mol. The maximum Gasteiger partial charge on any atom is 0.336 e. The van der Waals surface area contributed by atoms with E-state index < -0.39 is 17.1 Å². The van der Waals surface area contributed by atoms with Crippen LogP contribution in [0.4, 0.5) is 0 Å². The summed E-state index contributed by atoms with van der Waals surface area (Å²) in [6.45, 7) is 2.19. The Labute approximate surface area is 80.0 Å². The van der Waals surface area contributed by atoms with E-state index in [1.165, 1.54) is 14.1 Å². The van der Waals surface area contributed by atoms with Gasteiger partial charge in [-0.2, -0.15) is 0 Å². The van der Waals surface area contributed by atoms with Gasteiger partial charge < -0.3 is 0 Å². The van der Waals surface area contributed by atoms with Crippen LogP contribution in [0.3, 0.4) is 0 Å². The largest absolute Gasteiger partial charge is 0.336 e. The third-order valence-corrected chi connectivity index (χ3v) is 2.06. The second-order valence-corrected chi connectivity index (χ2v) is 3.12. The summed E-state index contributed by atoms with van der Waals surface area (Å²) in [5.41, 5.74) is -1.70. The van der Waals surface area contributed by atoms with Crippen molar-refractivity contribution in [2.45, 2.75) is 19.9 Å². The van der Waals surface area contributed by atoms with Crippen LogP contribution in [-0.4, -0.2) is 13.7 Å². The normalized spacial score (nSPS) is 10.5. The predicted octanol–water partition coefficient (Wildman–Crippen LogP) is -1.34. The van der Waals surface area contributed by atoms with Crippen LogP contribution < -0.4 is 17.1 Å². The van der Waals surface area contributed by atoms with Gasteiger partial charge in [0.05, 0.1) is 0 Å². The molecule has 6 nitrogen and oxygen atoms in total. The van der Waals surface area contributed by atoms with E-state index in [2.05, 4.69) is 0 Å². The molecule has 0 N–H and O–H groups in total. The van der Waals surface area contributed by atoms with E-state index in [1.54, 1.807) is 0 Å². The third kappa shape index (κ3) is 1.43. The van der Waals surface area contributed by atoms with E-state index in [9.17, 15) is 14.4 Å². The van der Waals surface area contributed by atoms with Crippen LogP contribution >= 0.6 is 0 Å². The van der Waals surface area contributed by atoms with Gasteiger partial charge in [-0.1, -0.05) is 6.92 Å². The highest BCUT2D eigenvalue weighted by Crippen LogP contribution is 1.77. The Balaban J connectivity index is 3.70. The zero-order chi connectivity index (χ0) is 10.9. The van der Waals surface area contributed by atoms with Gasteiger partial charge in [0, 0.05) is 20.6 Å². The average Bonchev–Trinajstić information content (AvgIpc) is 2.19. The molecule has 1 aromatic heterocycles. The van der Waals surface area contributed by atoms with Crippen molar-refractivity contribution in [3.8, 4) is 0 Å². The summed E-state index contributed by atoms with van der Waals surface area (Å²) in [7, 11) is 2.71. The molecule has 0 aliphatic carbocycles. The van der Waals surface area contributed by atoms with Gasteiger partial charge in [-0.05, 0) is 6.42 Å². The molecule has 1 aromatic rings. The van der Waals surface area contributed by atoms with E-state index in [4.69, 9.17) is 0 Å². The van der Waals surface area contributed by atoms with E-state index in [0.29, 0.717) is 13.0 Å². The van der Waals surface area contributed by atoms with Crippen LogP contribution in [0.15, 0.2) is 14.4 Å². The Kier molecular flexibility index (Phi) is 2.73. The molecule has 0 spiro atoms. The van der Waals surface area contributed by atoms with E-state index >= 15 is 0 Å². The molecule has 0 saturated carbocycles. The predicted molar refractivity (Wildman–Crippen MR) is 51.5 cm³/mol. The number of rotatable bonds is 2. The minimum Gasteiger partial charge on any atom is -0.248 e. The quantitative estimate of drug-likeness (QED) is 0.592. The SMILES string of the molecule is CCCn1c(=O)n(C)c(=O)n(C)c1=O. The molecular formula is C8H13N3O3. The fourth-order valence-electron chi connectivity index (χ4n) is 1.25. The van der Waals surface area contributed by atoms with Crippen molar-refractivity contribution in [1.29, 1.82) is 0 Å². The highest BCUT2D eigenvalue weighted by atomic mass is 16.2. The second-order valence-electron chi connectivity index (χ2n) is 3.12. The van der Waals surface area contributed by atoms with Crippen molar-refractivity contribution in [3.63, 3.8) is 0 Å². The average molecular weight is 199 g/mol. The van der Waals surface area contributed by atoms with Crippen LogP contribution in [0.5, 0.6) is 0 Å². The Morgan fingerprint density at radius 1 is 0.929 bits per heavy atom. The topological polar surface area (TPSA) is 66.0 Å². The lowest BCUT2D eigenvalue weighted by Gasteiger charge is -2.06. The highest BCUT2D eigenvalue weighted by Gasteiger charge is 2.08. The first kappa shape index (κ1) is 10.5. The van der Waals surface area contributed by atoms with Gasteiger partial charge in [0.2, 0.25) is 0 Å². The lowest BCUT2D eigenvalue weighted by molar-refractivity contribution is 0.499. The fraction of sp³-hybridized carbons (Fsp3) is 0.625. The second kappa shape index (κ2) is 3.65. The Morgan fingerprint density at radius 2 is 1.36 bits per heavy atom. The maximum atomic E-state index is 11.5. The highest BCUT2D eigenvalue weighted by molar-refractivity contribution is 4.75. The van der Waals surface area contributed by atoms with Crippen molar-refractivity contribution >= 4 is 0 Å². The molecule has 0 unspecified atom stereocenters. The number of hydrogen-bond donors (Lipinski definition) is 0. The molecule has 0 amide bonds. The van der Waals surface area contributed by atoms with Gasteiger partial charge in [0.15, 0.2) is 0 Å². The lowest BCUT2D eigenvalue weighted by atomic mass is 10.5. The minimum atomic E-state index is -0.590. The first-order valence-corrected chi connectivity index (χ1v) is 4.37. The molecule has 0 saturated heterocycles. The van der Waals surface area contributed by atoms with E-state index in [1.807, 2.05) is 6.92 Å². The van der Waals surface area contributed by atoms with Gasteiger partial charge in [-0.15, -0.1) is 0 Å². The standard InChI is InChI=1S/C8H13N3O3/c1-4-5-11-7(13)9(2)6(12)10(3)8(11)14/h4-5H2,1-3H3. The Hall–Kier alpha value is -1.59. The van der Waals surface area contributed by atoms with Crippen molar-refractivity contribution in [1.82, 2.24) is 13.7 Å². The van der Waals surface area contributed by atoms with Crippen molar-refractivity contribution in [3.05, 3.63) is 31.5 Å². The van der Waals surface area contributed by atoms with Gasteiger partial charge in [-0.25, -0.2) is 28.1 Å². The van der Waals surface area contributed by atoms with Gasteiger partial charge in [-0.3, -0.25) is 0 Å². The van der Waals surface area contributed by atoms with Gasteiger partial charge >= 0.3 is 17.1 Å². The zero-order valence-electron chi connectivity index (χ0n) is 8.48. The van der Waals surface area contributed by atoms with Gasteiger partial charge in [0.1, 0.15) is 0 Å². The first-order chi connectivity index (χ1) is 6.50. The molecular weight excluding hydrogens is 186 g/mol. The zero-order valence-corrected chi connectivity index (χ0v) is 8.48. The smallest absolute Gasteiger partial charge is 0.248 e. The van der Waals surface area contributed by atoms with Crippen molar-refractivity contribution in [2.24, 2.45) is 14.1 Å². The van der Waals surface area contributed by atoms with E-state index in [-0.39, 0.29) is 0 Å². The third-order valence-electron chi connectivity index (χ3n) is 2.06. The number of hydrogen-bond acceptors (Lipinski definition) is 3. The summed E-state index contributed by atoms with van der Waals surface area (Å²) in [6.07, 6.45) is 0.674. The molecule has 0 aromatic carbocycles. The maximum absolute atomic E-state index is 11.5. The van der Waals surface area contributed by atoms with Crippen LogP contribution in [0, 0.1) is 0 Å². The first-order valence-electron chi connectivity index (χ1n) is 4.37. The van der Waals surface area contributed by atoms with E-state index in [0.717, 1.165) is 13.7 Å².